The highest BCUT2D eigenvalue weighted by atomic mass is 79.9. The van der Waals surface area contributed by atoms with E-state index in [0.29, 0.717) is 17.6 Å². The van der Waals surface area contributed by atoms with Crippen molar-refractivity contribution >= 4 is 27.6 Å². The van der Waals surface area contributed by atoms with Crippen molar-refractivity contribution in [2.24, 2.45) is 0 Å². The van der Waals surface area contributed by atoms with E-state index in [1.54, 1.807) is 18.2 Å². The summed E-state index contributed by atoms with van der Waals surface area (Å²) in [6.07, 6.45) is 0.220. The van der Waals surface area contributed by atoms with E-state index in [1.807, 2.05) is 13.8 Å². The van der Waals surface area contributed by atoms with E-state index in [-0.39, 0.29) is 11.7 Å². The van der Waals surface area contributed by atoms with Crippen LogP contribution in [-0.4, -0.2) is 30.3 Å². The Morgan fingerprint density at radius 3 is 2.76 bits per heavy atom. The minimum absolute atomic E-state index is 0.220. The maximum absolute atomic E-state index is 10.8. The lowest BCUT2D eigenvalue weighted by molar-refractivity contribution is 0.0695. The number of rotatable bonds is 6. The van der Waals surface area contributed by atoms with Crippen LogP contribution in [0.1, 0.15) is 24.2 Å². The van der Waals surface area contributed by atoms with Crippen molar-refractivity contribution in [1.82, 2.24) is 0 Å². The SMILES string of the molecule is CC(C)OCCNc1ccc(C(=O)O)c(Br)c1. The van der Waals surface area contributed by atoms with Gasteiger partial charge in [-0.25, -0.2) is 4.79 Å². The summed E-state index contributed by atoms with van der Waals surface area (Å²) in [5.74, 6) is -0.938. The van der Waals surface area contributed by atoms with E-state index in [2.05, 4.69) is 21.2 Å². The van der Waals surface area contributed by atoms with Crippen LogP contribution < -0.4 is 5.32 Å². The Kier molecular flexibility index (Phi) is 5.44. The first kappa shape index (κ1) is 14.0. The fraction of sp³-hybridized carbons (Fsp3) is 0.417. The molecular weight excluding hydrogens is 286 g/mol. The number of hydrogen-bond acceptors (Lipinski definition) is 3. The number of carboxylic acid groups (broad SMARTS) is 1. The van der Waals surface area contributed by atoms with Crippen molar-refractivity contribution in [2.45, 2.75) is 20.0 Å². The van der Waals surface area contributed by atoms with E-state index < -0.39 is 5.97 Å². The molecule has 0 fully saturated rings. The van der Waals surface area contributed by atoms with Gasteiger partial charge in [0.25, 0.3) is 0 Å². The highest BCUT2D eigenvalue weighted by Gasteiger charge is 2.07. The minimum Gasteiger partial charge on any atom is -0.478 e. The van der Waals surface area contributed by atoms with Crippen LogP contribution in [0.5, 0.6) is 0 Å². The van der Waals surface area contributed by atoms with Crippen LogP contribution in [0.3, 0.4) is 0 Å². The van der Waals surface area contributed by atoms with Gasteiger partial charge in [0.1, 0.15) is 0 Å². The monoisotopic (exact) mass is 301 g/mol. The average Bonchev–Trinajstić information content (AvgIpc) is 2.23. The zero-order chi connectivity index (χ0) is 12.8. The summed E-state index contributed by atoms with van der Waals surface area (Å²) in [6, 6.07) is 5.06. The molecule has 1 rings (SSSR count). The predicted octanol–water partition coefficient (Wildman–Crippen LogP) is 2.98. The Labute approximate surface area is 109 Å². The summed E-state index contributed by atoms with van der Waals surface area (Å²) in [6.45, 7) is 5.28. The van der Waals surface area contributed by atoms with Crippen molar-refractivity contribution < 1.29 is 14.6 Å². The zero-order valence-electron chi connectivity index (χ0n) is 9.87. The second-order valence-corrected chi connectivity index (χ2v) is 4.70. The van der Waals surface area contributed by atoms with Crippen LogP contribution >= 0.6 is 15.9 Å². The van der Waals surface area contributed by atoms with Crippen LogP contribution in [0.2, 0.25) is 0 Å². The lowest BCUT2D eigenvalue weighted by atomic mass is 10.2. The van der Waals surface area contributed by atoms with Gasteiger partial charge in [0.2, 0.25) is 0 Å². The third-order valence-electron chi connectivity index (χ3n) is 2.08. The second-order valence-electron chi connectivity index (χ2n) is 3.85. The van der Waals surface area contributed by atoms with Gasteiger partial charge in [-0.3, -0.25) is 0 Å². The number of benzene rings is 1. The summed E-state index contributed by atoms with van der Waals surface area (Å²) in [4.78, 5) is 10.8. The molecule has 1 aromatic rings. The number of ether oxygens (including phenoxy) is 1. The molecule has 0 aliphatic rings. The Hall–Kier alpha value is -1.07. The molecule has 94 valence electrons. The highest BCUT2D eigenvalue weighted by Crippen LogP contribution is 2.21. The van der Waals surface area contributed by atoms with Crippen LogP contribution in [-0.2, 0) is 4.74 Å². The zero-order valence-corrected chi connectivity index (χ0v) is 11.5. The smallest absolute Gasteiger partial charge is 0.336 e. The number of hydrogen-bond donors (Lipinski definition) is 2. The summed E-state index contributed by atoms with van der Waals surface area (Å²) >= 11 is 3.23. The summed E-state index contributed by atoms with van der Waals surface area (Å²) in [5.41, 5.74) is 1.13. The lowest BCUT2D eigenvalue weighted by Crippen LogP contribution is -2.13. The molecule has 0 saturated carbocycles. The largest absolute Gasteiger partial charge is 0.478 e. The lowest BCUT2D eigenvalue weighted by Gasteiger charge is -2.10. The van der Waals surface area contributed by atoms with Gasteiger partial charge in [0.05, 0.1) is 18.3 Å². The predicted molar refractivity (Wildman–Crippen MR) is 70.7 cm³/mol. The molecule has 0 radical (unpaired) electrons. The molecule has 0 aliphatic heterocycles. The molecule has 2 N–H and O–H groups in total. The Morgan fingerprint density at radius 1 is 1.53 bits per heavy atom. The number of nitrogens with one attached hydrogen (secondary N) is 1. The van der Waals surface area contributed by atoms with E-state index in [4.69, 9.17) is 9.84 Å². The Morgan fingerprint density at radius 2 is 2.24 bits per heavy atom. The van der Waals surface area contributed by atoms with Crippen molar-refractivity contribution in [1.29, 1.82) is 0 Å². The third kappa shape index (κ3) is 4.75. The molecule has 0 heterocycles. The molecule has 1 aromatic carbocycles. The van der Waals surface area contributed by atoms with E-state index in [0.717, 1.165) is 5.69 Å². The quantitative estimate of drug-likeness (QED) is 0.793. The molecule has 0 atom stereocenters. The molecule has 4 nitrogen and oxygen atoms in total. The normalized spacial score (nSPS) is 10.6. The third-order valence-corrected chi connectivity index (χ3v) is 2.74. The maximum atomic E-state index is 10.8. The average molecular weight is 302 g/mol. The van der Waals surface area contributed by atoms with Crippen molar-refractivity contribution in [3.63, 3.8) is 0 Å². The Bertz CT molecular complexity index is 393. The van der Waals surface area contributed by atoms with Gasteiger partial charge in [-0.1, -0.05) is 0 Å². The van der Waals surface area contributed by atoms with Crippen LogP contribution in [0.15, 0.2) is 22.7 Å². The van der Waals surface area contributed by atoms with Gasteiger partial charge >= 0.3 is 5.97 Å². The molecule has 0 spiro atoms. The molecule has 0 aromatic heterocycles. The summed E-state index contributed by atoms with van der Waals surface area (Å²) in [5, 5.41) is 12.0. The highest BCUT2D eigenvalue weighted by molar-refractivity contribution is 9.10. The molecule has 17 heavy (non-hydrogen) atoms. The van der Waals surface area contributed by atoms with Crippen molar-refractivity contribution in [3.05, 3.63) is 28.2 Å². The Balaban J connectivity index is 2.50. The molecule has 0 aliphatic carbocycles. The summed E-state index contributed by atoms with van der Waals surface area (Å²) < 4.78 is 5.96. The number of carbonyl (C=O) groups is 1. The first-order chi connectivity index (χ1) is 8.00. The number of carboxylic acids is 1. The van der Waals surface area contributed by atoms with Crippen molar-refractivity contribution in [3.8, 4) is 0 Å². The number of aromatic carboxylic acids is 1. The first-order valence-corrected chi connectivity index (χ1v) is 6.18. The van der Waals surface area contributed by atoms with Crippen LogP contribution in [0, 0.1) is 0 Å². The minimum atomic E-state index is -0.938. The first-order valence-electron chi connectivity index (χ1n) is 5.39. The fourth-order valence-electron chi connectivity index (χ4n) is 1.29. The van der Waals surface area contributed by atoms with Gasteiger partial charge in [-0.05, 0) is 48.0 Å². The molecule has 0 saturated heterocycles. The fourth-order valence-corrected chi connectivity index (χ4v) is 1.84. The van der Waals surface area contributed by atoms with E-state index >= 15 is 0 Å². The molecule has 5 heteroatoms. The molecular formula is C12H16BrNO3. The molecule has 0 bridgehead atoms. The van der Waals surface area contributed by atoms with E-state index in [9.17, 15) is 4.79 Å². The van der Waals surface area contributed by atoms with Gasteiger partial charge in [0, 0.05) is 16.7 Å². The molecule has 0 amide bonds. The number of anilines is 1. The van der Waals surface area contributed by atoms with Crippen LogP contribution in [0.25, 0.3) is 0 Å². The van der Waals surface area contributed by atoms with Gasteiger partial charge < -0.3 is 15.2 Å². The molecule has 0 unspecified atom stereocenters. The topological polar surface area (TPSA) is 58.6 Å². The van der Waals surface area contributed by atoms with Crippen LogP contribution in [0.4, 0.5) is 5.69 Å². The van der Waals surface area contributed by atoms with E-state index in [1.165, 1.54) is 0 Å². The van der Waals surface area contributed by atoms with Gasteiger partial charge in [-0.15, -0.1) is 0 Å². The van der Waals surface area contributed by atoms with Crippen molar-refractivity contribution in [2.75, 3.05) is 18.5 Å². The maximum Gasteiger partial charge on any atom is 0.336 e. The van der Waals surface area contributed by atoms with Gasteiger partial charge in [0.15, 0.2) is 0 Å². The number of halogens is 1. The summed E-state index contributed by atoms with van der Waals surface area (Å²) in [7, 11) is 0. The second kappa shape index (κ2) is 6.61. The van der Waals surface area contributed by atoms with Gasteiger partial charge in [-0.2, -0.15) is 0 Å². The standard InChI is InChI=1S/C12H16BrNO3/c1-8(2)17-6-5-14-9-3-4-10(12(15)16)11(13)7-9/h3-4,7-8,14H,5-6H2,1-2H3,(H,15,16).